The van der Waals surface area contributed by atoms with E-state index in [0.717, 1.165) is 11.8 Å². The summed E-state index contributed by atoms with van der Waals surface area (Å²) in [5, 5.41) is 0. The Balaban J connectivity index is 1.87. The average Bonchev–Trinajstić information content (AvgIpc) is 2.00. The van der Waals surface area contributed by atoms with Crippen molar-refractivity contribution in [1.82, 2.24) is 4.90 Å². The van der Waals surface area contributed by atoms with Gasteiger partial charge in [-0.2, -0.15) is 0 Å². The van der Waals surface area contributed by atoms with Crippen LogP contribution in [-0.4, -0.2) is 23.5 Å². The van der Waals surface area contributed by atoms with E-state index in [9.17, 15) is 0 Å². The molecule has 0 N–H and O–H groups in total. The van der Waals surface area contributed by atoms with E-state index in [1.54, 1.807) is 0 Å². The summed E-state index contributed by atoms with van der Waals surface area (Å²) in [7, 11) is 0. The number of hydrogen-bond acceptors (Lipinski definition) is 1. The fourth-order valence-corrected chi connectivity index (χ4v) is 2.85. The minimum atomic E-state index is 0.518. The van der Waals surface area contributed by atoms with Gasteiger partial charge >= 0.3 is 0 Å². The molecule has 1 heterocycles. The summed E-state index contributed by atoms with van der Waals surface area (Å²) in [6.07, 6.45) is 8.14. The minimum absolute atomic E-state index is 0.518. The maximum atomic E-state index is 2.68. The van der Waals surface area contributed by atoms with E-state index in [1.807, 2.05) is 0 Å². The molecule has 1 saturated heterocycles. The van der Waals surface area contributed by atoms with Crippen molar-refractivity contribution in [3.8, 4) is 0 Å². The third kappa shape index (κ3) is 1.84. The molecule has 1 heteroatoms. The highest BCUT2D eigenvalue weighted by molar-refractivity contribution is 5.01. The van der Waals surface area contributed by atoms with Crippen LogP contribution in [0.15, 0.2) is 0 Å². The van der Waals surface area contributed by atoms with E-state index in [4.69, 9.17) is 0 Å². The molecule has 0 aromatic heterocycles. The van der Waals surface area contributed by atoms with Crippen molar-refractivity contribution < 1.29 is 0 Å². The Morgan fingerprint density at radius 2 is 2.07 bits per heavy atom. The van der Waals surface area contributed by atoms with Gasteiger partial charge in [0.05, 0.1) is 0 Å². The fourth-order valence-electron chi connectivity index (χ4n) is 2.85. The SMILES string of the molecule is CC(C)C1[CH]CC(C)(N2CCC2)CC1. The lowest BCUT2D eigenvalue weighted by molar-refractivity contribution is 0.0151. The molecule has 2 rings (SSSR count). The molecule has 1 saturated carbocycles. The van der Waals surface area contributed by atoms with Crippen LogP contribution in [-0.2, 0) is 0 Å². The molecule has 0 spiro atoms. The zero-order valence-electron chi connectivity index (χ0n) is 9.92. The Labute approximate surface area is 88.9 Å². The maximum Gasteiger partial charge on any atom is 0.0184 e. The monoisotopic (exact) mass is 194 g/mol. The Morgan fingerprint density at radius 3 is 2.43 bits per heavy atom. The minimum Gasteiger partial charge on any atom is -0.298 e. The summed E-state index contributed by atoms with van der Waals surface area (Å²) in [6, 6.07) is 0. The normalized spacial score (nSPS) is 39.9. The summed E-state index contributed by atoms with van der Waals surface area (Å²) in [6.45, 7) is 9.85. The van der Waals surface area contributed by atoms with E-state index in [1.165, 1.54) is 38.8 Å². The van der Waals surface area contributed by atoms with Crippen LogP contribution in [0.25, 0.3) is 0 Å². The molecule has 0 aromatic carbocycles. The zero-order valence-corrected chi connectivity index (χ0v) is 9.92. The third-order valence-electron chi connectivity index (χ3n) is 4.35. The summed E-state index contributed by atoms with van der Waals surface area (Å²) >= 11 is 0. The quantitative estimate of drug-likeness (QED) is 0.653. The van der Waals surface area contributed by atoms with Crippen molar-refractivity contribution in [3.63, 3.8) is 0 Å². The van der Waals surface area contributed by atoms with E-state index in [0.29, 0.717) is 5.54 Å². The molecule has 2 unspecified atom stereocenters. The van der Waals surface area contributed by atoms with E-state index < -0.39 is 0 Å². The number of nitrogens with zero attached hydrogens (tertiary/aromatic N) is 1. The molecule has 0 bridgehead atoms. The van der Waals surface area contributed by atoms with Crippen molar-refractivity contribution in [1.29, 1.82) is 0 Å². The van der Waals surface area contributed by atoms with Gasteiger partial charge in [0.2, 0.25) is 0 Å². The molecule has 14 heavy (non-hydrogen) atoms. The van der Waals surface area contributed by atoms with E-state index in [2.05, 4.69) is 32.1 Å². The lowest BCUT2D eigenvalue weighted by atomic mass is 9.72. The van der Waals surface area contributed by atoms with Gasteiger partial charge in [-0.15, -0.1) is 0 Å². The summed E-state index contributed by atoms with van der Waals surface area (Å²) in [4.78, 5) is 2.68. The number of hydrogen-bond donors (Lipinski definition) is 0. The molecule has 1 radical (unpaired) electrons. The first kappa shape index (κ1) is 10.5. The molecule has 1 aliphatic heterocycles. The Kier molecular flexibility index (Phi) is 2.88. The van der Waals surface area contributed by atoms with Gasteiger partial charge in [0.15, 0.2) is 0 Å². The number of likely N-dealkylation sites (tertiary alicyclic amines) is 1. The van der Waals surface area contributed by atoms with Gasteiger partial charge in [-0.25, -0.2) is 0 Å². The molecule has 2 aliphatic rings. The summed E-state index contributed by atoms with van der Waals surface area (Å²) in [5.74, 6) is 1.72. The molecule has 2 fully saturated rings. The van der Waals surface area contributed by atoms with Crippen molar-refractivity contribution in [2.45, 2.75) is 52.0 Å². The molecule has 2 atom stereocenters. The second-order valence-corrected chi connectivity index (χ2v) is 5.72. The Morgan fingerprint density at radius 1 is 1.36 bits per heavy atom. The second kappa shape index (κ2) is 3.84. The summed E-state index contributed by atoms with van der Waals surface area (Å²) < 4.78 is 0. The van der Waals surface area contributed by atoms with Crippen LogP contribution in [0.5, 0.6) is 0 Å². The molecule has 1 nitrogen and oxygen atoms in total. The highest BCUT2D eigenvalue weighted by Gasteiger charge is 2.38. The Hall–Kier alpha value is -0.0400. The van der Waals surface area contributed by atoms with Gasteiger partial charge in [0.25, 0.3) is 0 Å². The van der Waals surface area contributed by atoms with Crippen molar-refractivity contribution in [2.24, 2.45) is 11.8 Å². The predicted octanol–water partition coefficient (Wildman–Crippen LogP) is 3.11. The van der Waals surface area contributed by atoms with Crippen LogP contribution in [0.3, 0.4) is 0 Å². The largest absolute Gasteiger partial charge is 0.298 e. The maximum absolute atomic E-state index is 2.68. The van der Waals surface area contributed by atoms with Crippen LogP contribution in [0.4, 0.5) is 0 Å². The highest BCUT2D eigenvalue weighted by atomic mass is 15.2. The van der Waals surface area contributed by atoms with E-state index in [-0.39, 0.29) is 0 Å². The standard InChI is InChI=1S/C13H24N/c1-11(2)12-5-7-13(3,8-6-12)14-9-4-10-14/h5,11-12H,4,6-10H2,1-3H3. The van der Waals surface area contributed by atoms with Crippen LogP contribution in [0, 0.1) is 18.3 Å². The van der Waals surface area contributed by atoms with Gasteiger partial charge in [-0.1, -0.05) is 13.8 Å². The fraction of sp³-hybridized carbons (Fsp3) is 0.923. The Bertz CT molecular complexity index is 185. The second-order valence-electron chi connectivity index (χ2n) is 5.72. The average molecular weight is 194 g/mol. The van der Waals surface area contributed by atoms with Crippen LogP contribution < -0.4 is 0 Å². The van der Waals surface area contributed by atoms with E-state index >= 15 is 0 Å². The van der Waals surface area contributed by atoms with Gasteiger partial charge in [-0.3, -0.25) is 4.90 Å². The van der Waals surface area contributed by atoms with Crippen LogP contribution >= 0.6 is 0 Å². The highest BCUT2D eigenvalue weighted by Crippen LogP contribution is 2.40. The van der Waals surface area contributed by atoms with Crippen LogP contribution in [0.1, 0.15) is 46.5 Å². The van der Waals surface area contributed by atoms with Crippen molar-refractivity contribution in [3.05, 3.63) is 6.42 Å². The molecular weight excluding hydrogens is 170 g/mol. The predicted molar refractivity (Wildman–Crippen MR) is 61.1 cm³/mol. The molecule has 0 aromatic rings. The topological polar surface area (TPSA) is 3.24 Å². The number of rotatable bonds is 2. The van der Waals surface area contributed by atoms with Gasteiger partial charge in [0.1, 0.15) is 0 Å². The smallest absolute Gasteiger partial charge is 0.0184 e. The first-order valence-corrected chi connectivity index (χ1v) is 6.20. The first-order chi connectivity index (χ1) is 6.62. The lowest BCUT2D eigenvalue weighted by Crippen LogP contribution is -2.55. The molecule has 1 aliphatic carbocycles. The zero-order chi connectivity index (χ0) is 10.2. The van der Waals surface area contributed by atoms with Crippen LogP contribution in [0.2, 0.25) is 0 Å². The first-order valence-electron chi connectivity index (χ1n) is 6.20. The van der Waals surface area contributed by atoms with Crippen molar-refractivity contribution in [2.75, 3.05) is 13.1 Å². The van der Waals surface area contributed by atoms with Gasteiger partial charge < -0.3 is 0 Å². The van der Waals surface area contributed by atoms with Gasteiger partial charge in [-0.05, 0) is 64.0 Å². The molecule has 0 amide bonds. The summed E-state index contributed by atoms with van der Waals surface area (Å²) in [5.41, 5.74) is 0.518. The van der Waals surface area contributed by atoms with Crippen molar-refractivity contribution >= 4 is 0 Å². The third-order valence-corrected chi connectivity index (χ3v) is 4.35. The van der Waals surface area contributed by atoms with Gasteiger partial charge in [0, 0.05) is 5.54 Å². The lowest BCUT2D eigenvalue weighted by Gasteiger charge is -2.50. The molecular formula is C13H24N. The molecule has 81 valence electrons.